The fraction of sp³-hybridized carbons (Fsp3) is 0.194. The molecule has 0 amide bonds. The third kappa shape index (κ3) is 8.19. The minimum atomic E-state index is -4.67. The van der Waals surface area contributed by atoms with E-state index in [2.05, 4.69) is 20.7 Å². The molecule has 3 aromatic carbocycles. The van der Waals surface area contributed by atoms with Crippen molar-refractivity contribution in [2.24, 2.45) is 0 Å². The summed E-state index contributed by atoms with van der Waals surface area (Å²) in [5.74, 6) is -3.23. The van der Waals surface area contributed by atoms with Crippen LogP contribution in [0.4, 0.5) is 8.78 Å². The normalized spacial score (nSPS) is 13.4. The quantitative estimate of drug-likeness (QED) is 0.0889. The number of ether oxygens (including phenoxy) is 2. The fourth-order valence-electron chi connectivity index (χ4n) is 4.79. The Kier molecular flexibility index (Phi) is 10.3. The topological polar surface area (TPSA) is 170 Å². The molecule has 0 aliphatic rings. The van der Waals surface area contributed by atoms with Crippen LogP contribution < -0.4 is 0 Å². The largest absolute Gasteiger partial charge is 0.469 e. The third-order valence-electron chi connectivity index (χ3n) is 7.25. The standard InChI is InChI=1S/C31H26F2N5O7PS/c1-20(29-37-28(15-47-29)23-6-2-21(13-34)3-7-23)31(16-38-18-35-17-36-38,26-11-10-25(32)12-27(26)33)44-19-43-30(39)24-8-4-22(5-9-24)14-45-46(40,41)42/h2-12,15,17-18,20H,14,16,19H2,1H3,(H2,40,41,42). The molecule has 0 saturated carbocycles. The van der Waals surface area contributed by atoms with Crippen LogP contribution >= 0.6 is 19.2 Å². The van der Waals surface area contributed by atoms with Gasteiger partial charge in [-0.3, -0.25) is 4.52 Å². The third-order valence-corrected chi connectivity index (χ3v) is 8.74. The van der Waals surface area contributed by atoms with Crippen LogP contribution in [0.5, 0.6) is 0 Å². The van der Waals surface area contributed by atoms with Gasteiger partial charge in [-0.1, -0.05) is 37.3 Å². The second-order valence-electron chi connectivity index (χ2n) is 10.2. The van der Waals surface area contributed by atoms with Crippen molar-refractivity contribution in [2.45, 2.75) is 31.6 Å². The highest BCUT2D eigenvalue weighted by Crippen LogP contribution is 2.44. The van der Waals surface area contributed by atoms with Gasteiger partial charge < -0.3 is 19.3 Å². The fourth-order valence-corrected chi connectivity index (χ4v) is 6.08. The first-order valence-electron chi connectivity index (χ1n) is 13.8. The monoisotopic (exact) mass is 681 g/mol. The van der Waals surface area contributed by atoms with Crippen LogP contribution in [0.2, 0.25) is 0 Å². The van der Waals surface area contributed by atoms with Crippen molar-refractivity contribution in [1.82, 2.24) is 19.7 Å². The summed E-state index contributed by atoms with van der Waals surface area (Å²) in [7, 11) is -4.67. The lowest BCUT2D eigenvalue weighted by Gasteiger charge is -2.38. The Morgan fingerprint density at radius 1 is 1.13 bits per heavy atom. The van der Waals surface area contributed by atoms with Gasteiger partial charge in [0, 0.05) is 28.5 Å². The molecule has 2 heterocycles. The number of hydrogen-bond donors (Lipinski definition) is 2. The number of aromatic nitrogens is 4. The molecule has 2 unspecified atom stereocenters. The van der Waals surface area contributed by atoms with Gasteiger partial charge in [-0.05, 0) is 35.9 Å². The molecule has 0 bridgehead atoms. The Morgan fingerprint density at radius 3 is 2.51 bits per heavy atom. The lowest BCUT2D eigenvalue weighted by atomic mass is 9.81. The number of rotatable bonds is 13. The molecule has 0 saturated heterocycles. The second kappa shape index (κ2) is 14.4. The maximum absolute atomic E-state index is 15.6. The molecular weight excluding hydrogens is 655 g/mol. The summed E-state index contributed by atoms with van der Waals surface area (Å²) >= 11 is 1.28. The van der Waals surface area contributed by atoms with Crippen LogP contribution in [0.3, 0.4) is 0 Å². The number of nitrogens with zero attached hydrogens (tertiary/aromatic N) is 5. The SMILES string of the molecule is CC(c1nc(-c2ccc(C#N)cc2)cs1)C(Cn1cncn1)(OCOC(=O)c1ccc(COP(=O)(O)O)cc1)c1ccc(F)cc1F. The number of hydrogen-bond acceptors (Lipinski definition) is 10. The predicted molar refractivity (Wildman–Crippen MR) is 163 cm³/mol. The van der Waals surface area contributed by atoms with E-state index in [0.717, 1.165) is 17.7 Å². The highest BCUT2D eigenvalue weighted by molar-refractivity contribution is 7.46. The van der Waals surface area contributed by atoms with E-state index in [9.17, 15) is 13.8 Å². The van der Waals surface area contributed by atoms with Crippen molar-refractivity contribution in [3.63, 3.8) is 0 Å². The van der Waals surface area contributed by atoms with Gasteiger partial charge in [0.1, 0.15) is 29.9 Å². The van der Waals surface area contributed by atoms with Crippen LogP contribution in [0.25, 0.3) is 11.3 Å². The summed E-state index contributed by atoms with van der Waals surface area (Å²) in [4.78, 5) is 39.5. The maximum Gasteiger partial charge on any atom is 0.469 e. The number of carbonyl (C=O) groups is 1. The number of nitriles is 1. The van der Waals surface area contributed by atoms with Crippen LogP contribution in [0.15, 0.2) is 84.8 Å². The Bertz CT molecular complexity index is 1930. The molecule has 0 aliphatic carbocycles. The summed E-state index contributed by atoms with van der Waals surface area (Å²) in [6.07, 6.45) is 2.69. The average molecular weight is 682 g/mol. The minimum absolute atomic E-state index is 0.0394. The van der Waals surface area contributed by atoms with Gasteiger partial charge in [0.15, 0.2) is 6.79 Å². The maximum atomic E-state index is 15.6. The first-order chi connectivity index (χ1) is 22.5. The molecule has 47 heavy (non-hydrogen) atoms. The Morgan fingerprint density at radius 2 is 1.87 bits per heavy atom. The number of phosphoric acid groups is 1. The first-order valence-corrected chi connectivity index (χ1v) is 16.2. The molecule has 2 aromatic heterocycles. The molecular formula is C31H26F2N5O7PS. The van der Waals surface area contributed by atoms with E-state index in [1.54, 1.807) is 31.2 Å². The molecule has 0 spiro atoms. The molecule has 5 aromatic rings. The van der Waals surface area contributed by atoms with Gasteiger partial charge in [-0.2, -0.15) is 10.4 Å². The van der Waals surface area contributed by atoms with E-state index in [4.69, 9.17) is 29.5 Å². The minimum Gasteiger partial charge on any atom is -0.435 e. The van der Waals surface area contributed by atoms with E-state index < -0.39 is 43.7 Å². The van der Waals surface area contributed by atoms with Crippen molar-refractivity contribution < 1.29 is 41.9 Å². The Balaban J connectivity index is 1.45. The van der Waals surface area contributed by atoms with Crippen LogP contribution in [-0.4, -0.2) is 42.3 Å². The number of carbonyl (C=O) groups excluding carboxylic acids is 1. The first kappa shape index (κ1) is 33.7. The molecule has 2 N–H and O–H groups in total. The lowest BCUT2D eigenvalue weighted by Crippen LogP contribution is -2.42. The molecule has 242 valence electrons. The number of halogens is 2. The van der Waals surface area contributed by atoms with Crippen LogP contribution in [0, 0.1) is 23.0 Å². The van der Waals surface area contributed by atoms with Gasteiger partial charge in [0.2, 0.25) is 0 Å². The zero-order valence-corrected chi connectivity index (χ0v) is 26.3. The van der Waals surface area contributed by atoms with Crippen molar-refractivity contribution >= 4 is 25.1 Å². The van der Waals surface area contributed by atoms with Crippen LogP contribution in [-0.2, 0) is 37.3 Å². The highest BCUT2D eigenvalue weighted by atomic mass is 32.1. The summed E-state index contributed by atoms with van der Waals surface area (Å²) in [5, 5.41) is 15.6. The Hall–Kier alpha value is -4.68. The van der Waals surface area contributed by atoms with Gasteiger partial charge >= 0.3 is 13.8 Å². The highest BCUT2D eigenvalue weighted by Gasteiger charge is 2.45. The van der Waals surface area contributed by atoms with Crippen LogP contribution in [0.1, 0.15) is 44.9 Å². The van der Waals surface area contributed by atoms with Crippen molar-refractivity contribution in [1.29, 1.82) is 5.26 Å². The Labute approximate surface area is 271 Å². The molecule has 12 nitrogen and oxygen atoms in total. The summed E-state index contributed by atoms with van der Waals surface area (Å²) in [5.41, 5.74) is 0.654. The smallest absolute Gasteiger partial charge is 0.435 e. The number of benzene rings is 3. The predicted octanol–water partition coefficient (Wildman–Crippen LogP) is 5.69. The van der Waals surface area contributed by atoms with E-state index in [1.165, 1.54) is 59.0 Å². The van der Waals surface area contributed by atoms with E-state index >= 15 is 4.39 Å². The molecule has 16 heteroatoms. The zero-order valence-electron chi connectivity index (χ0n) is 24.6. The molecule has 0 aliphatic heterocycles. The summed E-state index contributed by atoms with van der Waals surface area (Å²) < 4.78 is 58.3. The van der Waals surface area contributed by atoms with Gasteiger partial charge in [0.25, 0.3) is 0 Å². The zero-order chi connectivity index (χ0) is 33.6. The van der Waals surface area contributed by atoms with Gasteiger partial charge in [0.05, 0.1) is 41.0 Å². The van der Waals surface area contributed by atoms with E-state index in [1.807, 2.05) is 5.38 Å². The average Bonchev–Trinajstić information content (AvgIpc) is 3.76. The molecule has 2 atom stereocenters. The van der Waals surface area contributed by atoms with Gasteiger partial charge in [-0.25, -0.2) is 32.8 Å². The van der Waals surface area contributed by atoms with E-state index in [-0.39, 0.29) is 24.3 Å². The second-order valence-corrected chi connectivity index (χ2v) is 12.4. The number of phosphoric ester groups is 1. The summed E-state index contributed by atoms with van der Waals surface area (Å²) in [6, 6.07) is 17.6. The molecule has 0 fully saturated rings. The van der Waals surface area contributed by atoms with E-state index in [0.29, 0.717) is 21.8 Å². The van der Waals surface area contributed by atoms with Crippen molar-refractivity contribution in [3.8, 4) is 17.3 Å². The van der Waals surface area contributed by atoms with Gasteiger partial charge in [-0.15, -0.1) is 11.3 Å². The summed E-state index contributed by atoms with van der Waals surface area (Å²) in [6.45, 7) is 0.583. The van der Waals surface area contributed by atoms with Crippen molar-refractivity contribution in [3.05, 3.63) is 124 Å². The number of esters is 1. The van der Waals surface area contributed by atoms with Crippen molar-refractivity contribution in [2.75, 3.05) is 6.79 Å². The lowest BCUT2D eigenvalue weighted by molar-refractivity contribution is -0.148. The molecule has 0 radical (unpaired) electrons. The number of thiazole rings is 1. The molecule has 5 rings (SSSR count).